The van der Waals surface area contributed by atoms with Gasteiger partial charge in [0.2, 0.25) is 0 Å². The predicted octanol–water partition coefficient (Wildman–Crippen LogP) is 2.12. The minimum absolute atomic E-state index is 0.410. The van der Waals surface area contributed by atoms with E-state index in [1.807, 2.05) is 6.07 Å². The van der Waals surface area contributed by atoms with E-state index in [9.17, 15) is 9.59 Å². The normalized spacial score (nSPS) is 9.40. The molecular weight excluding hydrogens is 192 g/mol. The molecule has 15 heavy (non-hydrogen) atoms. The number of hydrogen-bond acceptors (Lipinski definition) is 3. The Morgan fingerprint density at radius 2 is 2.07 bits per heavy atom. The molecule has 0 fully saturated rings. The number of carbonyl (C=O) groups excluding carboxylic acids is 2. The van der Waals surface area contributed by atoms with Crippen LogP contribution in [0, 0.1) is 0 Å². The first-order valence-electron chi connectivity index (χ1n) is 4.56. The van der Waals surface area contributed by atoms with E-state index in [1.54, 1.807) is 24.3 Å². The zero-order chi connectivity index (χ0) is 11.3. The third kappa shape index (κ3) is 3.06. The highest BCUT2D eigenvalue weighted by atomic mass is 16.6. The summed E-state index contributed by atoms with van der Waals surface area (Å²) in [6.07, 6.45) is 2.27. The van der Waals surface area contributed by atoms with E-state index in [1.165, 1.54) is 6.92 Å². The second-order valence-corrected chi connectivity index (χ2v) is 3.03. The Hall–Kier alpha value is -1.90. The van der Waals surface area contributed by atoms with E-state index < -0.39 is 11.9 Å². The second-order valence-electron chi connectivity index (χ2n) is 3.03. The van der Waals surface area contributed by atoms with E-state index >= 15 is 0 Å². The van der Waals surface area contributed by atoms with Gasteiger partial charge in [0.05, 0.1) is 5.56 Å². The van der Waals surface area contributed by atoms with Gasteiger partial charge in [0, 0.05) is 6.92 Å². The molecule has 0 aliphatic carbocycles. The lowest BCUT2D eigenvalue weighted by molar-refractivity contribution is -0.135. The Balaban J connectivity index is 2.96. The number of rotatable bonds is 3. The van der Waals surface area contributed by atoms with Crippen molar-refractivity contribution in [2.45, 2.75) is 13.3 Å². The van der Waals surface area contributed by atoms with Crippen LogP contribution in [0.15, 0.2) is 36.9 Å². The quantitative estimate of drug-likeness (QED) is 0.430. The van der Waals surface area contributed by atoms with E-state index in [4.69, 9.17) is 0 Å². The summed E-state index contributed by atoms with van der Waals surface area (Å²) in [5.74, 6) is -1.21. The number of allylic oxidation sites excluding steroid dienone is 1. The molecule has 0 heterocycles. The molecule has 0 saturated carbocycles. The third-order valence-electron chi connectivity index (χ3n) is 1.84. The Morgan fingerprint density at radius 3 is 2.67 bits per heavy atom. The summed E-state index contributed by atoms with van der Waals surface area (Å²) in [5, 5.41) is 0. The first-order valence-corrected chi connectivity index (χ1v) is 4.56. The summed E-state index contributed by atoms with van der Waals surface area (Å²) in [5.41, 5.74) is 1.21. The average molecular weight is 204 g/mol. The summed E-state index contributed by atoms with van der Waals surface area (Å²) >= 11 is 0. The minimum atomic E-state index is -0.611. The van der Waals surface area contributed by atoms with Crippen molar-refractivity contribution in [3.8, 4) is 0 Å². The molecular formula is C12H12O3. The number of hydrogen-bond donors (Lipinski definition) is 0. The van der Waals surface area contributed by atoms with Gasteiger partial charge in [-0.1, -0.05) is 24.3 Å². The van der Waals surface area contributed by atoms with Crippen LogP contribution in [0.5, 0.6) is 0 Å². The van der Waals surface area contributed by atoms with Gasteiger partial charge < -0.3 is 4.74 Å². The fourth-order valence-corrected chi connectivity index (χ4v) is 1.24. The van der Waals surface area contributed by atoms with Crippen LogP contribution >= 0.6 is 0 Å². The number of ether oxygens (including phenoxy) is 1. The summed E-state index contributed by atoms with van der Waals surface area (Å²) in [7, 11) is 0. The largest absolute Gasteiger partial charge is 0.390 e. The van der Waals surface area contributed by atoms with Crippen LogP contribution in [0.1, 0.15) is 22.8 Å². The molecule has 0 aliphatic heterocycles. The van der Waals surface area contributed by atoms with Gasteiger partial charge in [0.15, 0.2) is 0 Å². The minimum Gasteiger partial charge on any atom is -0.390 e. The van der Waals surface area contributed by atoms with E-state index in [2.05, 4.69) is 11.3 Å². The van der Waals surface area contributed by atoms with Gasteiger partial charge in [-0.3, -0.25) is 4.79 Å². The van der Waals surface area contributed by atoms with Crippen LogP contribution in [-0.4, -0.2) is 11.9 Å². The summed E-state index contributed by atoms with van der Waals surface area (Å²) in [4.78, 5) is 22.1. The summed E-state index contributed by atoms with van der Waals surface area (Å²) in [6, 6.07) is 6.98. The van der Waals surface area contributed by atoms with Gasteiger partial charge in [-0.05, 0) is 18.1 Å². The van der Waals surface area contributed by atoms with Crippen molar-refractivity contribution < 1.29 is 14.3 Å². The fourth-order valence-electron chi connectivity index (χ4n) is 1.24. The first kappa shape index (κ1) is 11.2. The summed E-state index contributed by atoms with van der Waals surface area (Å²) in [6.45, 7) is 4.80. The fraction of sp³-hybridized carbons (Fsp3) is 0.167. The van der Waals surface area contributed by atoms with Gasteiger partial charge in [-0.2, -0.15) is 0 Å². The van der Waals surface area contributed by atoms with E-state index in [-0.39, 0.29) is 0 Å². The van der Waals surface area contributed by atoms with Crippen LogP contribution in [-0.2, 0) is 16.0 Å². The first-order chi connectivity index (χ1) is 7.15. The highest BCUT2D eigenvalue weighted by Crippen LogP contribution is 2.11. The molecule has 0 aliphatic rings. The second kappa shape index (κ2) is 5.10. The molecule has 0 spiro atoms. The number of carbonyl (C=O) groups is 2. The molecule has 78 valence electrons. The van der Waals surface area contributed by atoms with Crippen molar-refractivity contribution in [1.29, 1.82) is 0 Å². The zero-order valence-corrected chi connectivity index (χ0v) is 8.53. The van der Waals surface area contributed by atoms with Crippen molar-refractivity contribution in [2.75, 3.05) is 0 Å². The lowest BCUT2D eigenvalue weighted by atomic mass is 10.1. The van der Waals surface area contributed by atoms with Crippen molar-refractivity contribution in [2.24, 2.45) is 0 Å². The smallest absolute Gasteiger partial charge is 0.346 e. The van der Waals surface area contributed by atoms with Crippen molar-refractivity contribution >= 4 is 11.9 Å². The SMILES string of the molecule is C=CCc1ccccc1C(=O)OC(C)=O. The monoisotopic (exact) mass is 204 g/mol. The lowest BCUT2D eigenvalue weighted by Crippen LogP contribution is -2.11. The highest BCUT2D eigenvalue weighted by molar-refractivity contribution is 5.97. The van der Waals surface area contributed by atoms with E-state index in [0.29, 0.717) is 12.0 Å². The molecule has 0 bridgehead atoms. The highest BCUT2D eigenvalue weighted by Gasteiger charge is 2.12. The van der Waals surface area contributed by atoms with E-state index in [0.717, 1.165) is 5.56 Å². The predicted molar refractivity (Wildman–Crippen MR) is 56.4 cm³/mol. The average Bonchev–Trinajstić information content (AvgIpc) is 2.18. The molecule has 0 aromatic heterocycles. The molecule has 3 heteroatoms. The summed E-state index contributed by atoms with van der Waals surface area (Å²) < 4.78 is 4.51. The maximum Gasteiger partial charge on any atom is 0.346 e. The molecule has 1 aromatic rings. The third-order valence-corrected chi connectivity index (χ3v) is 1.84. The van der Waals surface area contributed by atoms with Crippen molar-refractivity contribution in [3.63, 3.8) is 0 Å². The molecule has 1 aromatic carbocycles. The molecule has 1 rings (SSSR count). The Labute approximate surface area is 88.4 Å². The van der Waals surface area contributed by atoms with Gasteiger partial charge >= 0.3 is 11.9 Å². The maximum atomic E-state index is 11.5. The molecule has 3 nitrogen and oxygen atoms in total. The van der Waals surface area contributed by atoms with Crippen LogP contribution < -0.4 is 0 Å². The van der Waals surface area contributed by atoms with Crippen LogP contribution in [0.2, 0.25) is 0 Å². The molecule has 0 saturated heterocycles. The Morgan fingerprint density at radius 1 is 1.40 bits per heavy atom. The van der Waals surface area contributed by atoms with Gasteiger partial charge in [0.1, 0.15) is 0 Å². The number of esters is 2. The molecule has 0 radical (unpaired) electrons. The Bertz CT molecular complexity index is 394. The van der Waals surface area contributed by atoms with Gasteiger partial charge in [-0.25, -0.2) is 4.79 Å². The van der Waals surface area contributed by atoms with Crippen LogP contribution in [0.3, 0.4) is 0 Å². The standard InChI is InChI=1S/C12H12O3/c1-3-6-10-7-4-5-8-11(10)12(14)15-9(2)13/h3-5,7-8H,1,6H2,2H3. The zero-order valence-electron chi connectivity index (χ0n) is 8.53. The van der Waals surface area contributed by atoms with Crippen LogP contribution in [0.25, 0.3) is 0 Å². The van der Waals surface area contributed by atoms with Crippen molar-refractivity contribution in [1.82, 2.24) is 0 Å². The topological polar surface area (TPSA) is 43.4 Å². The molecule has 0 N–H and O–H groups in total. The lowest BCUT2D eigenvalue weighted by Gasteiger charge is -2.05. The molecule has 0 unspecified atom stereocenters. The van der Waals surface area contributed by atoms with Gasteiger partial charge in [-0.15, -0.1) is 6.58 Å². The number of benzene rings is 1. The molecule has 0 amide bonds. The van der Waals surface area contributed by atoms with Crippen molar-refractivity contribution in [3.05, 3.63) is 48.0 Å². The maximum absolute atomic E-state index is 11.5. The Kier molecular flexibility index (Phi) is 3.80. The molecule has 0 atom stereocenters. The van der Waals surface area contributed by atoms with Crippen LogP contribution in [0.4, 0.5) is 0 Å². The van der Waals surface area contributed by atoms with Gasteiger partial charge in [0.25, 0.3) is 0 Å².